The smallest absolute Gasteiger partial charge is 0.193 e. The van der Waals surface area contributed by atoms with E-state index in [9.17, 15) is 5.11 Å². The van der Waals surface area contributed by atoms with Crippen molar-refractivity contribution in [3.8, 4) is 5.75 Å². The quantitative estimate of drug-likeness (QED) is 0.522. The number of guanidine groups is 1. The summed E-state index contributed by atoms with van der Waals surface area (Å²) in [5, 5.41) is 13.4. The standard InChI is InChI=1S/C15H23ClN4O3/c1-22-14-3-2-11(8-13(14)16)19-15(17)18-9-12(21)10-20-4-6-23-7-5-20/h2-3,8,12,21H,4-7,9-10H2,1H3,(H3,17,18,19). The van der Waals surface area contributed by atoms with Crippen molar-refractivity contribution in [2.24, 2.45) is 10.7 Å². The molecule has 0 amide bonds. The molecule has 23 heavy (non-hydrogen) atoms. The first kappa shape index (κ1) is 17.8. The summed E-state index contributed by atoms with van der Waals surface area (Å²) in [5.41, 5.74) is 6.54. The second-order valence-electron chi connectivity index (χ2n) is 5.27. The predicted octanol–water partition coefficient (Wildman–Crippen LogP) is 0.768. The lowest BCUT2D eigenvalue weighted by Gasteiger charge is -2.28. The molecule has 1 unspecified atom stereocenters. The Morgan fingerprint density at radius 2 is 2.26 bits per heavy atom. The van der Waals surface area contributed by atoms with E-state index in [0.29, 0.717) is 36.2 Å². The van der Waals surface area contributed by atoms with E-state index in [-0.39, 0.29) is 12.5 Å². The van der Waals surface area contributed by atoms with E-state index in [1.165, 1.54) is 0 Å². The molecule has 1 aromatic carbocycles. The molecule has 1 atom stereocenters. The third-order valence-electron chi connectivity index (χ3n) is 3.47. The number of β-amino-alcohol motifs (C(OH)–C–C–N with tert-alkyl or cyclic N) is 1. The molecule has 0 bridgehead atoms. The second kappa shape index (κ2) is 8.93. The first-order chi connectivity index (χ1) is 11.1. The SMILES string of the molecule is COc1ccc(NC(N)=NCC(O)CN2CCOCC2)cc1Cl. The molecule has 0 aliphatic carbocycles. The van der Waals surface area contributed by atoms with Gasteiger partial charge < -0.3 is 25.6 Å². The zero-order valence-corrected chi connectivity index (χ0v) is 13.9. The number of nitrogens with two attached hydrogens (primary N) is 1. The van der Waals surface area contributed by atoms with Crippen molar-refractivity contribution < 1.29 is 14.6 Å². The van der Waals surface area contributed by atoms with Crippen LogP contribution in [0.15, 0.2) is 23.2 Å². The topological polar surface area (TPSA) is 92.3 Å². The van der Waals surface area contributed by atoms with Crippen LogP contribution in [-0.4, -0.2) is 68.6 Å². The summed E-state index contributed by atoms with van der Waals surface area (Å²) in [6, 6.07) is 5.23. The molecule has 7 nitrogen and oxygen atoms in total. The number of hydrogen-bond donors (Lipinski definition) is 3. The van der Waals surface area contributed by atoms with Gasteiger partial charge in [0.1, 0.15) is 5.75 Å². The summed E-state index contributed by atoms with van der Waals surface area (Å²) in [6.07, 6.45) is -0.562. The van der Waals surface area contributed by atoms with Gasteiger partial charge >= 0.3 is 0 Å². The predicted molar refractivity (Wildman–Crippen MR) is 91.4 cm³/mol. The number of aliphatic hydroxyl groups is 1. The highest BCUT2D eigenvalue weighted by Crippen LogP contribution is 2.26. The zero-order chi connectivity index (χ0) is 16.7. The lowest BCUT2D eigenvalue weighted by molar-refractivity contribution is 0.0165. The molecule has 0 spiro atoms. The third-order valence-corrected chi connectivity index (χ3v) is 3.76. The molecular formula is C15H23ClN4O3. The zero-order valence-electron chi connectivity index (χ0n) is 13.2. The summed E-state index contributed by atoms with van der Waals surface area (Å²) >= 11 is 6.05. The Bertz CT molecular complexity index is 535. The Labute approximate surface area is 141 Å². The van der Waals surface area contributed by atoms with Gasteiger partial charge in [0.2, 0.25) is 0 Å². The molecule has 1 fully saturated rings. The summed E-state index contributed by atoms with van der Waals surface area (Å²) < 4.78 is 10.4. The molecule has 1 heterocycles. The number of rotatable bonds is 6. The molecule has 1 aliphatic heterocycles. The van der Waals surface area contributed by atoms with Crippen LogP contribution in [0.1, 0.15) is 0 Å². The molecule has 8 heteroatoms. The van der Waals surface area contributed by atoms with Crippen molar-refractivity contribution in [1.82, 2.24) is 4.90 Å². The first-order valence-electron chi connectivity index (χ1n) is 7.47. The number of anilines is 1. The van der Waals surface area contributed by atoms with Gasteiger partial charge in [-0.25, -0.2) is 0 Å². The number of morpholine rings is 1. The number of ether oxygens (including phenoxy) is 2. The maximum atomic E-state index is 10.0. The van der Waals surface area contributed by atoms with Crippen LogP contribution in [0.2, 0.25) is 5.02 Å². The Kier molecular flexibility index (Phi) is 6.91. The van der Waals surface area contributed by atoms with Crippen molar-refractivity contribution in [3.05, 3.63) is 23.2 Å². The van der Waals surface area contributed by atoms with Gasteiger partial charge in [-0.1, -0.05) is 11.6 Å². The second-order valence-corrected chi connectivity index (χ2v) is 5.67. The minimum Gasteiger partial charge on any atom is -0.495 e. The number of benzene rings is 1. The highest BCUT2D eigenvalue weighted by Gasteiger charge is 2.14. The van der Waals surface area contributed by atoms with E-state index >= 15 is 0 Å². The van der Waals surface area contributed by atoms with Crippen molar-refractivity contribution in [2.45, 2.75) is 6.10 Å². The summed E-state index contributed by atoms with van der Waals surface area (Å²) in [4.78, 5) is 6.31. The summed E-state index contributed by atoms with van der Waals surface area (Å²) in [6.45, 7) is 3.88. The highest BCUT2D eigenvalue weighted by atomic mass is 35.5. The molecule has 128 valence electrons. The van der Waals surface area contributed by atoms with Gasteiger partial charge in [-0.15, -0.1) is 0 Å². The van der Waals surface area contributed by atoms with Crippen LogP contribution >= 0.6 is 11.6 Å². The third kappa shape index (κ3) is 5.87. The average molecular weight is 343 g/mol. The van der Waals surface area contributed by atoms with Gasteiger partial charge in [-0.2, -0.15) is 0 Å². The molecule has 4 N–H and O–H groups in total. The Balaban J connectivity index is 1.81. The van der Waals surface area contributed by atoms with Crippen LogP contribution in [0.3, 0.4) is 0 Å². The Morgan fingerprint density at radius 3 is 2.91 bits per heavy atom. The Morgan fingerprint density at radius 1 is 1.52 bits per heavy atom. The number of methoxy groups -OCH3 is 1. The fourth-order valence-electron chi connectivity index (χ4n) is 2.27. The number of aliphatic imine (C=N–C) groups is 1. The van der Waals surface area contributed by atoms with Gasteiger partial charge in [0.25, 0.3) is 0 Å². The lowest BCUT2D eigenvalue weighted by atomic mass is 10.3. The van der Waals surface area contributed by atoms with Crippen LogP contribution in [0.4, 0.5) is 5.69 Å². The van der Waals surface area contributed by atoms with Gasteiger partial charge in [-0.3, -0.25) is 9.89 Å². The molecule has 1 aromatic rings. The van der Waals surface area contributed by atoms with E-state index in [0.717, 1.165) is 13.1 Å². The lowest BCUT2D eigenvalue weighted by Crippen LogP contribution is -2.42. The van der Waals surface area contributed by atoms with Crippen LogP contribution in [0.5, 0.6) is 5.75 Å². The molecule has 2 rings (SSSR count). The molecular weight excluding hydrogens is 320 g/mol. The molecule has 0 aromatic heterocycles. The minimum atomic E-state index is -0.562. The van der Waals surface area contributed by atoms with E-state index in [1.807, 2.05) is 0 Å². The monoisotopic (exact) mass is 342 g/mol. The van der Waals surface area contributed by atoms with Gasteiger partial charge in [-0.05, 0) is 18.2 Å². The number of halogens is 1. The van der Waals surface area contributed by atoms with Gasteiger partial charge in [0.15, 0.2) is 5.96 Å². The first-order valence-corrected chi connectivity index (χ1v) is 7.85. The number of nitrogens with one attached hydrogen (secondary N) is 1. The number of hydrogen-bond acceptors (Lipinski definition) is 5. The van der Waals surface area contributed by atoms with E-state index < -0.39 is 6.10 Å². The number of nitrogens with zero attached hydrogens (tertiary/aromatic N) is 2. The molecule has 0 radical (unpaired) electrons. The largest absolute Gasteiger partial charge is 0.495 e. The van der Waals surface area contributed by atoms with Gasteiger partial charge in [0.05, 0.1) is 38.0 Å². The molecule has 1 saturated heterocycles. The normalized spacial score (nSPS) is 17.8. The minimum absolute atomic E-state index is 0.229. The van der Waals surface area contributed by atoms with Crippen LogP contribution in [0, 0.1) is 0 Å². The van der Waals surface area contributed by atoms with Crippen LogP contribution < -0.4 is 15.8 Å². The Hall–Kier alpha value is -1.54. The number of aliphatic hydroxyl groups excluding tert-OH is 1. The molecule has 1 aliphatic rings. The van der Waals surface area contributed by atoms with Crippen molar-refractivity contribution in [2.75, 3.05) is 51.8 Å². The summed E-state index contributed by atoms with van der Waals surface area (Å²) in [5.74, 6) is 0.820. The maximum Gasteiger partial charge on any atom is 0.193 e. The summed E-state index contributed by atoms with van der Waals surface area (Å²) in [7, 11) is 1.56. The average Bonchev–Trinajstić information content (AvgIpc) is 2.54. The van der Waals surface area contributed by atoms with Crippen molar-refractivity contribution in [1.29, 1.82) is 0 Å². The molecule has 0 saturated carbocycles. The fourth-order valence-corrected chi connectivity index (χ4v) is 2.53. The fraction of sp³-hybridized carbons (Fsp3) is 0.533. The van der Waals surface area contributed by atoms with E-state index in [2.05, 4.69) is 15.2 Å². The van der Waals surface area contributed by atoms with Crippen LogP contribution in [-0.2, 0) is 4.74 Å². The van der Waals surface area contributed by atoms with Crippen molar-refractivity contribution in [3.63, 3.8) is 0 Å². The van der Waals surface area contributed by atoms with E-state index in [1.54, 1.807) is 25.3 Å². The van der Waals surface area contributed by atoms with Gasteiger partial charge in [0, 0.05) is 25.3 Å². The van der Waals surface area contributed by atoms with Crippen LogP contribution in [0.25, 0.3) is 0 Å². The maximum absolute atomic E-state index is 10.0. The van der Waals surface area contributed by atoms with E-state index in [4.69, 9.17) is 26.8 Å². The van der Waals surface area contributed by atoms with Crippen molar-refractivity contribution >= 4 is 23.2 Å². The highest BCUT2D eigenvalue weighted by molar-refractivity contribution is 6.32.